The standard InChI is InChI=1S/C20H20N2OS/c23-18(22-12-6-7-13-22)14-24-20-16-10-4-5-11-17(16)21-19(20)15-8-2-1-3-9-15/h1-5,8-11,21H,6-7,12-14H2. The van der Waals surface area contributed by atoms with Gasteiger partial charge in [-0.05, 0) is 24.5 Å². The van der Waals surface area contributed by atoms with E-state index in [1.165, 1.54) is 10.3 Å². The van der Waals surface area contributed by atoms with Crippen molar-refractivity contribution < 1.29 is 4.79 Å². The van der Waals surface area contributed by atoms with Crippen LogP contribution in [0.3, 0.4) is 0 Å². The smallest absolute Gasteiger partial charge is 0.232 e. The molecular formula is C20H20N2OS. The second kappa shape index (κ2) is 6.73. The van der Waals surface area contributed by atoms with Crippen LogP contribution in [0.5, 0.6) is 0 Å². The Morgan fingerprint density at radius 1 is 1.00 bits per heavy atom. The molecule has 1 saturated heterocycles. The van der Waals surface area contributed by atoms with Crippen LogP contribution in [0.15, 0.2) is 59.5 Å². The van der Waals surface area contributed by atoms with E-state index in [2.05, 4.69) is 35.3 Å². The van der Waals surface area contributed by atoms with Crippen molar-refractivity contribution in [1.82, 2.24) is 9.88 Å². The number of carbonyl (C=O) groups excluding carboxylic acids is 1. The van der Waals surface area contributed by atoms with E-state index in [1.807, 2.05) is 29.2 Å². The molecule has 0 saturated carbocycles. The molecule has 4 rings (SSSR count). The second-order valence-corrected chi connectivity index (χ2v) is 7.10. The summed E-state index contributed by atoms with van der Waals surface area (Å²) in [4.78, 5) is 19.1. The molecule has 0 bridgehead atoms. The maximum atomic E-state index is 12.4. The summed E-state index contributed by atoms with van der Waals surface area (Å²) in [7, 11) is 0. The van der Waals surface area contributed by atoms with Crippen molar-refractivity contribution in [2.75, 3.05) is 18.8 Å². The summed E-state index contributed by atoms with van der Waals surface area (Å²) in [5, 5.41) is 1.19. The molecule has 1 aliphatic heterocycles. The first-order valence-electron chi connectivity index (χ1n) is 8.39. The van der Waals surface area contributed by atoms with Crippen molar-refractivity contribution in [2.45, 2.75) is 17.7 Å². The topological polar surface area (TPSA) is 36.1 Å². The van der Waals surface area contributed by atoms with Crippen LogP contribution in [0.25, 0.3) is 22.2 Å². The van der Waals surface area contributed by atoms with Gasteiger partial charge in [0.25, 0.3) is 0 Å². The van der Waals surface area contributed by atoms with E-state index in [0.29, 0.717) is 5.75 Å². The van der Waals surface area contributed by atoms with Gasteiger partial charge in [0.2, 0.25) is 5.91 Å². The third kappa shape index (κ3) is 2.94. The van der Waals surface area contributed by atoms with Gasteiger partial charge in [0.1, 0.15) is 0 Å². The van der Waals surface area contributed by atoms with Gasteiger partial charge in [-0.25, -0.2) is 0 Å². The van der Waals surface area contributed by atoms with E-state index in [0.717, 1.165) is 42.7 Å². The summed E-state index contributed by atoms with van der Waals surface area (Å²) in [6.07, 6.45) is 2.28. The van der Waals surface area contributed by atoms with Crippen molar-refractivity contribution >= 4 is 28.6 Å². The van der Waals surface area contributed by atoms with E-state index in [4.69, 9.17) is 0 Å². The highest BCUT2D eigenvalue weighted by Crippen LogP contribution is 2.37. The largest absolute Gasteiger partial charge is 0.354 e. The van der Waals surface area contributed by atoms with Gasteiger partial charge >= 0.3 is 0 Å². The Balaban J connectivity index is 1.66. The molecule has 0 aliphatic carbocycles. The third-order valence-corrected chi connectivity index (χ3v) is 5.62. The second-order valence-electron chi connectivity index (χ2n) is 6.12. The fourth-order valence-corrected chi connectivity index (χ4v) is 4.36. The Hall–Kier alpha value is -2.20. The minimum atomic E-state index is 0.252. The van der Waals surface area contributed by atoms with Gasteiger partial charge < -0.3 is 9.88 Å². The van der Waals surface area contributed by atoms with Crippen molar-refractivity contribution in [3.8, 4) is 11.3 Å². The predicted molar refractivity (Wildman–Crippen MR) is 100 cm³/mol. The lowest BCUT2D eigenvalue weighted by Gasteiger charge is -2.15. The van der Waals surface area contributed by atoms with Gasteiger partial charge in [-0.2, -0.15) is 0 Å². The van der Waals surface area contributed by atoms with E-state index >= 15 is 0 Å². The van der Waals surface area contributed by atoms with E-state index in [1.54, 1.807) is 11.8 Å². The number of nitrogens with one attached hydrogen (secondary N) is 1. The Labute approximate surface area is 146 Å². The van der Waals surface area contributed by atoms with Crippen LogP contribution in [0.4, 0.5) is 0 Å². The monoisotopic (exact) mass is 336 g/mol. The van der Waals surface area contributed by atoms with Crippen LogP contribution in [0, 0.1) is 0 Å². The van der Waals surface area contributed by atoms with Crippen LogP contribution < -0.4 is 0 Å². The molecule has 0 atom stereocenters. The molecule has 1 fully saturated rings. The summed E-state index contributed by atoms with van der Waals surface area (Å²) in [6.45, 7) is 1.83. The zero-order valence-electron chi connectivity index (χ0n) is 13.5. The molecule has 122 valence electrons. The summed E-state index contributed by atoms with van der Waals surface area (Å²) in [5.41, 5.74) is 3.38. The number of carbonyl (C=O) groups is 1. The number of hydrogen-bond acceptors (Lipinski definition) is 2. The maximum Gasteiger partial charge on any atom is 0.232 e. The van der Waals surface area contributed by atoms with Crippen molar-refractivity contribution in [2.24, 2.45) is 0 Å². The van der Waals surface area contributed by atoms with Crippen LogP contribution in [0.2, 0.25) is 0 Å². The minimum absolute atomic E-state index is 0.252. The summed E-state index contributed by atoms with van der Waals surface area (Å²) in [6, 6.07) is 18.6. The van der Waals surface area contributed by atoms with Gasteiger partial charge in [-0.3, -0.25) is 4.79 Å². The number of hydrogen-bond donors (Lipinski definition) is 1. The lowest BCUT2D eigenvalue weighted by Crippen LogP contribution is -2.29. The average Bonchev–Trinajstić information content (AvgIpc) is 3.28. The number of benzene rings is 2. The predicted octanol–water partition coefficient (Wildman–Crippen LogP) is 4.55. The molecule has 1 aliphatic rings. The normalized spacial score (nSPS) is 14.4. The first-order valence-corrected chi connectivity index (χ1v) is 9.38. The number of aromatic amines is 1. The molecule has 1 aromatic heterocycles. The van der Waals surface area contributed by atoms with Crippen LogP contribution in [-0.4, -0.2) is 34.6 Å². The molecule has 0 unspecified atom stereocenters. The van der Waals surface area contributed by atoms with Gasteiger partial charge in [0.05, 0.1) is 11.4 Å². The Bertz CT molecular complexity index is 850. The lowest BCUT2D eigenvalue weighted by atomic mass is 10.1. The average molecular weight is 336 g/mol. The number of para-hydroxylation sites is 1. The van der Waals surface area contributed by atoms with Crippen LogP contribution in [0.1, 0.15) is 12.8 Å². The summed E-state index contributed by atoms with van der Waals surface area (Å²) in [5.74, 6) is 0.753. The zero-order chi connectivity index (χ0) is 16.4. The number of likely N-dealkylation sites (tertiary alicyclic amines) is 1. The molecule has 4 heteroatoms. The van der Waals surface area contributed by atoms with Crippen LogP contribution in [-0.2, 0) is 4.79 Å². The molecule has 1 amide bonds. The van der Waals surface area contributed by atoms with Crippen molar-refractivity contribution in [1.29, 1.82) is 0 Å². The number of nitrogens with zero attached hydrogens (tertiary/aromatic N) is 1. The lowest BCUT2D eigenvalue weighted by molar-refractivity contribution is -0.127. The van der Waals surface area contributed by atoms with Gasteiger partial charge in [0, 0.05) is 28.9 Å². The molecule has 3 aromatic rings. The highest BCUT2D eigenvalue weighted by atomic mass is 32.2. The number of fused-ring (bicyclic) bond motifs is 1. The zero-order valence-corrected chi connectivity index (χ0v) is 14.3. The first-order chi connectivity index (χ1) is 11.8. The van der Waals surface area contributed by atoms with E-state index in [9.17, 15) is 4.79 Å². The number of thioether (sulfide) groups is 1. The van der Waals surface area contributed by atoms with E-state index < -0.39 is 0 Å². The number of amides is 1. The molecule has 24 heavy (non-hydrogen) atoms. The van der Waals surface area contributed by atoms with Gasteiger partial charge in [0.15, 0.2) is 0 Å². The third-order valence-electron chi connectivity index (χ3n) is 4.52. The molecule has 1 N–H and O–H groups in total. The molecule has 2 heterocycles. The van der Waals surface area contributed by atoms with Gasteiger partial charge in [-0.1, -0.05) is 48.5 Å². The molecular weight excluding hydrogens is 316 g/mol. The molecule has 2 aromatic carbocycles. The Kier molecular flexibility index (Phi) is 4.30. The quantitative estimate of drug-likeness (QED) is 0.710. The summed E-state index contributed by atoms with van der Waals surface area (Å²) >= 11 is 1.65. The fraction of sp³-hybridized carbons (Fsp3) is 0.250. The fourth-order valence-electron chi connectivity index (χ4n) is 3.27. The molecule has 3 nitrogen and oxygen atoms in total. The SMILES string of the molecule is O=C(CSc1c(-c2ccccc2)[nH]c2ccccc12)N1CCCC1. The molecule has 0 radical (unpaired) electrons. The maximum absolute atomic E-state index is 12.4. The highest BCUT2D eigenvalue weighted by molar-refractivity contribution is 8.00. The van der Waals surface area contributed by atoms with Gasteiger partial charge in [-0.15, -0.1) is 11.8 Å². The Morgan fingerprint density at radius 3 is 2.50 bits per heavy atom. The minimum Gasteiger partial charge on any atom is -0.354 e. The van der Waals surface area contributed by atoms with Crippen molar-refractivity contribution in [3.63, 3.8) is 0 Å². The van der Waals surface area contributed by atoms with E-state index in [-0.39, 0.29) is 5.91 Å². The van der Waals surface area contributed by atoms with Crippen molar-refractivity contribution in [3.05, 3.63) is 54.6 Å². The highest BCUT2D eigenvalue weighted by Gasteiger charge is 2.20. The summed E-state index contributed by atoms with van der Waals surface area (Å²) < 4.78 is 0. The number of rotatable bonds is 4. The van der Waals surface area contributed by atoms with Crippen LogP contribution >= 0.6 is 11.8 Å². The Morgan fingerprint density at radius 2 is 1.71 bits per heavy atom. The number of aromatic nitrogens is 1. The first kappa shape index (κ1) is 15.3. The number of H-pyrrole nitrogens is 1. The molecule has 0 spiro atoms.